The Balaban J connectivity index is 1.92. The van der Waals surface area contributed by atoms with E-state index in [0.717, 1.165) is 36.1 Å². The van der Waals surface area contributed by atoms with Crippen molar-refractivity contribution in [1.82, 2.24) is 24.6 Å². The van der Waals surface area contributed by atoms with Crippen molar-refractivity contribution in [3.63, 3.8) is 0 Å². The van der Waals surface area contributed by atoms with Crippen molar-refractivity contribution in [2.75, 3.05) is 27.7 Å². The molecule has 3 rings (SSSR count). The molecule has 2 heterocycles. The summed E-state index contributed by atoms with van der Waals surface area (Å²) in [5.41, 5.74) is 1.11. The maximum atomic E-state index is 12.8. The van der Waals surface area contributed by atoms with Gasteiger partial charge in [0.25, 0.3) is 0 Å². The zero-order valence-electron chi connectivity index (χ0n) is 14.6. The van der Waals surface area contributed by atoms with Gasteiger partial charge in [-0.25, -0.2) is 0 Å². The smallest absolute Gasteiger partial charge is 0.247 e. The Hall–Kier alpha value is -2.41. The Morgan fingerprint density at radius 2 is 2.12 bits per heavy atom. The van der Waals surface area contributed by atoms with Crippen LogP contribution in [0.4, 0.5) is 0 Å². The molecule has 0 radical (unpaired) electrons. The Bertz CT molecular complexity index is 740. The summed E-state index contributed by atoms with van der Waals surface area (Å²) in [5, 5.41) is 8.42. The number of benzene rings is 1. The van der Waals surface area contributed by atoms with Gasteiger partial charge in [-0.3, -0.25) is 9.69 Å². The Morgan fingerprint density at radius 1 is 1.33 bits per heavy atom. The number of fused-ring (bicyclic) bond motifs is 1. The van der Waals surface area contributed by atoms with Gasteiger partial charge in [0.05, 0.1) is 7.11 Å². The molecule has 7 nitrogen and oxygen atoms in total. The summed E-state index contributed by atoms with van der Waals surface area (Å²) in [7, 11) is 5.20. The molecule has 0 spiro atoms. The Labute approximate surface area is 141 Å². The molecule has 1 aliphatic rings. The topological polar surface area (TPSA) is 63.5 Å². The molecule has 2 aromatic rings. The average molecular weight is 329 g/mol. The van der Waals surface area contributed by atoms with E-state index in [9.17, 15) is 4.79 Å². The molecule has 1 aromatic carbocycles. The second-order valence-corrected chi connectivity index (χ2v) is 6.21. The Morgan fingerprint density at radius 3 is 2.83 bits per heavy atom. The quantitative estimate of drug-likeness (QED) is 0.844. The van der Waals surface area contributed by atoms with Gasteiger partial charge in [0, 0.05) is 33.7 Å². The zero-order chi connectivity index (χ0) is 17.3. The van der Waals surface area contributed by atoms with Crippen LogP contribution in [-0.4, -0.2) is 58.2 Å². The standard InChI is InChI=1S/C17H23N5O2/c1-12-18-19-16-15(17(23)20(2)3)21(8-9-22(12)16)11-13-6-5-7-14(10-13)24-4/h5-7,10,15H,8-9,11H2,1-4H3. The summed E-state index contributed by atoms with van der Waals surface area (Å²) >= 11 is 0. The minimum atomic E-state index is -0.416. The number of hydrogen-bond acceptors (Lipinski definition) is 5. The van der Waals surface area contributed by atoms with E-state index in [0.29, 0.717) is 6.54 Å². The summed E-state index contributed by atoms with van der Waals surface area (Å²) < 4.78 is 7.33. The van der Waals surface area contributed by atoms with Crippen LogP contribution < -0.4 is 4.74 Å². The van der Waals surface area contributed by atoms with Gasteiger partial charge in [-0.15, -0.1) is 10.2 Å². The first-order chi connectivity index (χ1) is 11.5. The van der Waals surface area contributed by atoms with E-state index in [1.54, 1.807) is 26.1 Å². The van der Waals surface area contributed by atoms with Gasteiger partial charge in [-0.1, -0.05) is 12.1 Å². The van der Waals surface area contributed by atoms with E-state index in [2.05, 4.69) is 15.1 Å². The third-order valence-electron chi connectivity index (χ3n) is 4.38. The van der Waals surface area contributed by atoms with E-state index in [4.69, 9.17) is 4.74 Å². The second kappa shape index (κ2) is 6.60. The summed E-state index contributed by atoms with van der Waals surface area (Å²) in [4.78, 5) is 16.5. The van der Waals surface area contributed by atoms with Gasteiger partial charge in [0.15, 0.2) is 11.9 Å². The zero-order valence-corrected chi connectivity index (χ0v) is 14.6. The van der Waals surface area contributed by atoms with Gasteiger partial charge < -0.3 is 14.2 Å². The van der Waals surface area contributed by atoms with E-state index < -0.39 is 6.04 Å². The van der Waals surface area contributed by atoms with E-state index >= 15 is 0 Å². The van der Waals surface area contributed by atoms with Gasteiger partial charge in [-0.2, -0.15) is 0 Å². The number of methoxy groups -OCH3 is 1. The van der Waals surface area contributed by atoms with Crippen molar-refractivity contribution in [3.8, 4) is 5.75 Å². The van der Waals surface area contributed by atoms with E-state index in [-0.39, 0.29) is 5.91 Å². The minimum absolute atomic E-state index is 0.0197. The number of carbonyl (C=O) groups excluding carboxylic acids is 1. The van der Waals surface area contributed by atoms with Crippen molar-refractivity contribution in [2.45, 2.75) is 26.1 Å². The van der Waals surface area contributed by atoms with Gasteiger partial charge in [0.1, 0.15) is 11.6 Å². The van der Waals surface area contributed by atoms with Crippen LogP contribution in [0.5, 0.6) is 5.75 Å². The van der Waals surface area contributed by atoms with Crippen LogP contribution >= 0.6 is 0 Å². The molecule has 1 atom stereocenters. The highest BCUT2D eigenvalue weighted by atomic mass is 16.5. The fourth-order valence-electron chi connectivity index (χ4n) is 3.08. The number of ether oxygens (including phenoxy) is 1. The molecule has 0 saturated carbocycles. The number of rotatable bonds is 4. The van der Waals surface area contributed by atoms with Crippen molar-refractivity contribution < 1.29 is 9.53 Å². The third-order valence-corrected chi connectivity index (χ3v) is 4.38. The van der Waals surface area contributed by atoms with Crippen molar-refractivity contribution >= 4 is 5.91 Å². The molecule has 1 aromatic heterocycles. The first-order valence-electron chi connectivity index (χ1n) is 7.99. The monoisotopic (exact) mass is 329 g/mol. The summed E-state index contributed by atoms with van der Waals surface area (Å²) in [6, 6.07) is 7.52. The normalized spacial score (nSPS) is 17.4. The highest BCUT2D eigenvalue weighted by Gasteiger charge is 2.36. The summed E-state index contributed by atoms with van der Waals surface area (Å²) in [6.45, 7) is 4.14. The lowest BCUT2D eigenvalue weighted by Crippen LogP contribution is -2.45. The summed E-state index contributed by atoms with van der Waals surface area (Å²) in [6.07, 6.45) is 0. The van der Waals surface area contributed by atoms with Gasteiger partial charge >= 0.3 is 0 Å². The van der Waals surface area contributed by atoms with Crippen molar-refractivity contribution in [2.24, 2.45) is 0 Å². The molecule has 1 amide bonds. The lowest BCUT2D eigenvalue weighted by Gasteiger charge is -2.36. The minimum Gasteiger partial charge on any atom is -0.497 e. The van der Waals surface area contributed by atoms with Crippen LogP contribution in [0.2, 0.25) is 0 Å². The van der Waals surface area contributed by atoms with Crippen LogP contribution in [0, 0.1) is 6.92 Å². The number of nitrogens with zero attached hydrogens (tertiary/aromatic N) is 5. The largest absolute Gasteiger partial charge is 0.497 e. The number of hydrogen-bond donors (Lipinski definition) is 0. The summed E-state index contributed by atoms with van der Waals surface area (Å²) in [5.74, 6) is 2.41. The molecule has 0 fully saturated rings. The van der Waals surface area contributed by atoms with Crippen molar-refractivity contribution in [1.29, 1.82) is 0 Å². The molecular formula is C17H23N5O2. The number of carbonyl (C=O) groups is 1. The van der Waals surface area contributed by atoms with Crippen molar-refractivity contribution in [3.05, 3.63) is 41.5 Å². The predicted molar refractivity (Wildman–Crippen MR) is 89.6 cm³/mol. The van der Waals surface area contributed by atoms with Crippen LogP contribution in [-0.2, 0) is 17.9 Å². The van der Waals surface area contributed by atoms with Crippen LogP contribution in [0.3, 0.4) is 0 Å². The van der Waals surface area contributed by atoms with Crippen LogP contribution in [0.1, 0.15) is 23.3 Å². The number of aryl methyl sites for hydroxylation is 1. The molecule has 128 valence electrons. The lowest BCUT2D eigenvalue weighted by molar-refractivity contribution is -0.136. The SMILES string of the molecule is COc1cccc(CN2CCn3c(C)nnc3C2C(=O)N(C)C)c1. The maximum absolute atomic E-state index is 12.8. The maximum Gasteiger partial charge on any atom is 0.247 e. The lowest BCUT2D eigenvalue weighted by atomic mass is 10.1. The van der Waals surface area contributed by atoms with Gasteiger partial charge in [0.2, 0.25) is 5.91 Å². The molecule has 24 heavy (non-hydrogen) atoms. The molecule has 1 aliphatic heterocycles. The van der Waals surface area contributed by atoms with E-state index in [1.165, 1.54) is 0 Å². The van der Waals surface area contributed by atoms with E-state index in [1.807, 2.05) is 35.8 Å². The highest BCUT2D eigenvalue weighted by molar-refractivity contribution is 5.82. The van der Waals surface area contributed by atoms with Gasteiger partial charge in [-0.05, 0) is 24.6 Å². The fraction of sp³-hybridized carbons (Fsp3) is 0.471. The van der Waals surface area contributed by atoms with Crippen LogP contribution in [0.15, 0.2) is 24.3 Å². The second-order valence-electron chi connectivity index (χ2n) is 6.21. The first kappa shape index (κ1) is 16.4. The predicted octanol–water partition coefficient (Wildman–Crippen LogP) is 1.24. The molecule has 0 saturated heterocycles. The molecule has 1 unspecified atom stereocenters. The van der Waals surface area contributed by atoms with Crippen LogP contribution in [0.25, 0.3) is 0 Å². The molecule has 0 aliphatic carbocycles. The highest BCUT2D eigenvalue weighted by Crippen LogP contribution is 2.28. The average Bonchev–Trinajstić information content (AvgIpc) is 2.95. The Kier molecular flexibility index (Phi) is 4.53. The third kappa shape index (κ3) is 2.99. The molecule has 7 heteroatoms. The number of amides is 1. The molecule has 0 N–H and O–H groups in total. The first-order valence-corrected chi connectivity index (χ1v) is 7.99. The number of aromatic nitrogens is 3. The number of likely N-dealkylation sites (N-methyl/N-ethyl adjacent to an activating group) is 1. The fourth-order valence-corrected chi connectivity index (χ4v) is 3.08. The molecular weight excluding hydrogens is 306 g/mol. The molecule has 0 bridgehead atoms.